The van der Waals surface area contributed by atoms with Crippen LogP contribution in [0.15, 0.2) is 54.7 Å². The highest BCUT2D eigenvalue weighted by Crippen LogP contribution is 2.41. The van der Waals surface area contributed by atoms with E-state index in [0.717, 1.165) is 36.7 Å². The molecule has 10 nitrogen and oxygen atoms in total. The Morgan fingerprint density at radius 3 is 2.69 bits per heavy atom. The molecule has 3 atom stereocenters. The van der Waals surface area contributed by atoms with E-state index in [2.05, 4.69) is 21.0 Å². The number of carbonyl (C=O) groups excluding carboxylic acids is 1. The molecule has 5 heterocycles. The number of nitriles is 1. The lowest BCUT2D eigenvalue weighted by atomic mass is 9.95. The van der Waals surface area contributed by atoms with Gasteiger partial charge in [0.25, 0.3) is 6.43 Å². The van der Waals surface area contributed by atoms with E-state index in [9.17, 15) is 27.6 Å². The predicted octanol–water partition coefficient (Wildman–Crippen LogP) is 6.60. The molecule has 0 N–H and O–H groups in total. The number of rotatable bonds is 9. The number of pyridine rings is 1. The first-order valence-electron chi connectivity index (χ1n) is 16.7. The molecule has 2 aromatic carbocycles. The van der Waals surface area contributed by atoms with Crippen molar-refractivity contribution in [1.29, 1.82) is 5.26 Å². The van der Waals surface area contributed by atoms with Crippen LogP contribution in [0.3, 0.4) is 0 Å². The summed E-state index contributed by atoms with van der Waals surface area (Å²) in [4.78, 5) is 31.6. The second kappa shape index (κ2) is 14.3. The molecule has 15 heteroatoms. The number of halogens is 5. The summed E-state index contributed by atoms with van der Waals surface area (Å²) in [7, 11) is 0. The Kier molecular flexibility index (Phi) is 9.61. The fourth-order valence-corrected chi connectivity index (χ4v) is 7.46. The number of alkyl halides is 3. The van der Waals surface area contributed by atoms with Gasteiger partial charge in [0.2, 0.25) is 0 Å². The summed E-state index contributed by atoms with van der Waals surface area (Å²) in [6.07, 6.45) is -1.63. The Balaban J connectivity index is 1.24. The number of aromatic nitrogens is 3. The maximum absolute atomic E-state index is 16.5. The normalized spacial score (nSPS) is 22.0. The molecular formula is C36H34F5N7O3. The van der Waals surface area contributed by atoms with Crippen molar-refractivity contribution in [3.8, 4) is 23.3 Å². The zero-order valence-electron chi connectivity index (χ0n) is 27.5. The summed E-state index contributed by atoms with van der Waals surface area (Å²) >= 11 is 0. The van der Waals surface area contributed by atoms with E-state index in [1.165, 1.54) is 11.1 Å². The maximum Gasteiger partial charge on any atom is 0.410 e. The monoisotopic (exact) mass is 707 g/mol. The maximum atomic E-state index is 16.5. The summed E-state index contributed by atoms with van der Waals surface area (Å²) in [5.41, 5.74) is -1.64. The molecule has 0 aliphatic carbocycles. The van der Waals surface area contributed by atoms with Gasteiger partial charge in [-0.15, -0.1) is 0 Å². The fraction of sp³-hybridized carbons (Fsp3) is 0.417. The zero-order chi connectivity index (χ0) is 35.7. The molecule has 51 heavy (non-hydrogen) atoms. The third-order valence-electron chi connectivity index (χ3n) is 9.93. The van der Waals surface area contributed by atoms with Gasteiger partial charge in [-0.3, -0.25) is 9.88 Å². The van der Waals surface area contributed by atoms with Gasteiger partial charge in [0, 0.05) is 49.9 Å². The minimum atomic E-state index is -3.04. The first kappa shape index (κ1) is 34.4. The van der Waals surface area contributed by atoms with Crippen LogP contribution in [-0.2, 0) is 11.3 Å². The van der Waals surface area contributed by atoms with Gasteiger partial charge in [-0.1, -0.05) is 30.3 Å². The van der Waals surface area contributed by atoms with E-state index in [-0.39, 0.29) is 75.0 Å². The van der Waals surface area contributed by atoms with Gasteiger partial charge < -0.3 is 19.3 Å². The number of hydrogen-bond donors (Lipinski definition) is 0. The molecule has 0 radical (unpaired) electrons. The second-order valence-electron chi connectivity index (χ2n) is 13.1. The van der Waals surface area contributed by atoms with Gasteiger partial charge >= 0.3 is 12.1 Å². The second-order valence-corrected chi connectivity index (χ2v) is 13.1. The molecule has 3 saturated heterocycles. The highest BCUT2D eigenvalue weighted by molar-refractivity contribution is 5.92. The quantitative estimate of drug-likeness (QED) is 0.178. The molecule has 1 amide bonds. The molecule has 266 valence electrons. The summed E-state index contributed by atoms with van der Waals surface area (Å²) < 4.78 is 84.8. The summed E-state index contributed by atoms with van der Waals surface area (Å²) in [6.45, 7) is 1.51. The predicted molar refractivity (Wildman–Crippen MR) is 176 cm³/mol. The fourth-order valence-electron chi connectivity index (χ4n) is 7.46. The number of fused-ring (bicyclic) bond motifs is 2. The van der Waals surface area contributed by atoms with Crippen LogP contribution >= 0.6 is 0 Å². The summed E-state index contributed by atoms with van der Waals surface area (Å²) in [5.74, 6) is -1.76. The van der Waals surface area contributed by atoms with Gasteiger partial charge in [-0.2, -0.15) is 15.2 Å². The zero-order valence-corrected chi connectivity index (χ0v) is 27.5. The van der Waals surface area contributed by atoms with Crippen LogP contribution in [0.4, 0.5) is 32.6 Å². The van der Waals surface area contributed by atoms with Crippen LogP contribution in [0, 0.1) is 23.0 Å². The molecule has 3 aliphatic heterocycles. The third-order valence-corrected chi connectivity index (χ3v) is 9.93. The molecule has 3 aliphatic rings. The van der Waals surface area contributed by atoms with Crippen molar-refractivity contribution in [2.45, 2.75) is 56.5 Å². The van der Waals surface area contributed by atoms with Crippen LogP contribution in [0.25, 0.3) is 22.2 Å². The van der Waals surface area contributed by atoms with E-state index < -0.39 is 58.7 Å². The summed E-state index contributed by atoms with van der Waals surface area (Å²) in [5, 5.41) is 9.77. The molecule has 7 rings (SSSR count). The van der Waals surface area contributed by atoms with Gasteiger partial charge in [0.1, 0.15) is 42.2 Å². The molecule has 0 bridgehead atoms. The van der Waals surface area contributed by atoms with Gasteiger partial charge in [0.15, 0.2) is 5.82 Å². The SMILES string of the molecule is N#CC[C@H]1CN(c2nc(OC[C@@]34CCCN3C[C@H](F)C4)nc3c(F)c(-c4cc(F)ccc4C(F)F)ncc23)CCN1C(=O)OCc1ccccc1. The average molecular weight is 708 g/mol. The molecule has 0 saturated carbocycles. The molecule has 4 aromatic rings. The van der Waals surface area contributed by atoms with Crippen LogP contribution in [-0.4, -0.2) is 87.9 Å². The molecular weight excluding hydrogens is 673 g/mol. The van der Waals surface area contributed by atoms with Crippen LogP contribution in [0.2, 0.25) is 0 Å². The van der Waals surface area contributed by atoms with E-state index in [0.29, 0.717) is 6.42 Å². The van der Waals surface area contributed by atoms with Crippen molar-refractivity contribution in [1.82, 2.24) is 24.8 Å². The number of ether oxygens (including phenoxy) is 2. The van der Waals surface area contributed by atoms with Crippen molar-refractivity contribution in [3.05, 3.63) is 77.5 Å². The van der Waals surface area contributed by atoms with Crippen LogP contribution < -0.4 is 9.64 Å². The van der Waals surface area contributed by atoms with E-state index in [4.69, 9.17) is 9.47 Å². The van der Waals surface area contributed by atoms with E-state index in [1.807, 2.05) is 35.2 Å². The van der Waals surface area contributed by atoms with Gasteiger partial charge in [-0.25, -0.2) is 26.7 Å². The Hall–Kier alpha value is -5.10. The minimum Gasteiger partial charge on any atom is -0.461 e. The van der Waals surface area contributed by atoms with Crippen molar-refractivity contribution in [3.63, 3.8) is 0 Å². The third kappa shape index (κ3) is 6.84. The van der Waals surface area contributed by atoms with Crippen LogP contribution in [0.5, 0.6) is 6.01 Å². The Bertz CT molecular complexity index is 1970. The number of amides is 1. The highest BCUT2D eigenvalue weighted by atomic mass is 19.3. The lowest BCUT2D eigenvalue weighted by Gasteiger charge is -2.40. The lowest BCUT2D eigenvalue weighted by Crippen LogP contribution is -2.55. The number of hydrogen-bond acceptors (Lipinski definition) is 9. The Labute approximate surface area is 290 Å². The number of carbonyl (C=O) groups is 1. The minimum absolute atomic E-state index is 0.0371. The Morgan fingerprint density at radius 2 is 1.90 bits per heavy atom. The smallest absolute Gasteiger partial charge is 0.410 e. The molecule has 0 unspecified atom stereocenters. The highest BCUT2D eigenvalue weighted by Gasteiger charge is 2.49. The molecule has 0 spiro atoms. The standard InChI is InChI=1S/C36H34F5N7O3/c37-23-7-8-26(32(40)41)27(15-23)30-29(39)31-28(17-43-30)33(45-34(44-31)51-21-36-10-4-12-47(36)18-24(38)16-36)46-13-14-48(25(19-46)9-11-42)35(49)50-20-22-5-2-1-3-6-22/h1-3,5-8,15,17,24-25,32H,4,9-10,12-14,16,18-21H2/t24-,25+,36+/m1/s1. The summed E-state index contributed by atoms with van der Waals surface area (Å²) in [6, 6.07) is 12.9. The van der Waals surface area contributed by atoms with E-state index in [1.54, 1.807) is 4.90 Å². The van der Waals surface area contributed by atoms with Crippen molar-refractivity contribution >= 4 is 22.8 Å². The van der Waals surface area contributed by atoms with Gasteiger partial charge in [0.05, 0.1) is 29.5 Å². The average Bonchev–Trinajstić information content (AvgIpc) is 3.65. The molecule has 2 aromatic heterocycles. The van der Waals surface area contributed by atoms with Crippen molar-refractivity contribution < 1.29 is 36.2 Å². The first-order chi connectivity index (χ1) is 24.7. The molecule has 3 fully saturated rings. The number of nitrogens with zero attached hydrogens (tertiary/aromatic N) is 7. The topological polar surface area (TPSA) is 108 Å². The number of piperazine rings is 1. The van der Waals surface area contributed by atoms with E-state index >= 15 is 4.39 Å². The largest absolute Gasteiger partial charge is 0.461 e. The number of benzene rings is 2. The van der Waals surface area contributed by atoms with Gasteiger partial charge in [-0.05, 0) is 43.1 Å². The lowest BCUT2D eigenvalue weighted by molar-refractivity contribution is 0.0767. The Morgan fingerprint density at radius 1 is 1.08 bits per heavy atom. The van der Waals surface area contributed by atoms with Crippen molar-refractivity contribution in [2.24, 2.45) is 0 Å². The first-order valence-corrected chi connectivity index (χ1v) is 16.7. The van der Waals surface area contributed by atoms with Crippen molar-refractivity contribution in [2.75, 3.05) is 44.2 Å². The van der Waals surface area contributed by atoms with Crippen LogP contribution in [0.1, 0.15) is 43.2 Å². The number of anilines is 1.